The normalized spacial score (nSPS) is 11.2. The lowest BCUT2D eigenvalue weighted by molar-refractivity contribution is 0.282. The summed E-state index contributed by atoms with van der Waals surface area (Å²) < 4.78 is 26.1. The molecule has 0 radical (unpaired) electrons. The van der Waals surface area contributed by atoms with E-state index in [2.05, 4.69) is 14.7 Å². The van der Waals surface area contributed by atoms with Crippen LogP contribution in [-0.2, 0) is 22.4 Å². The lowest BCUT2D eigenvalue weighted by atomic mass is 10.2. The van der Waals surface area contributed by atoms with Crippen LogP contribution in [0.5, 0.6) is 0 Å². The van der Waals surface area contributed by atoms with E-state index >= 15 is 0 Å². The minimum atomic E-state index is -3.54. The number of anilines is 1. The first-order valence-corrected chi connectivity index (χ1v) is 7.20. The summed E-state index contributed by atoms with van der Waals surface area (Å²) >= 11 is 0. The van der Waals surface area contributed by atoms with E-state index in [0.29, 0.717) is 5.56 Å². The molecule has 0 saturated carbocycles. The van der Waals surface area contributed by atoms with Gasteiger partial charge in [0.2, 0.25) is 16.0 Å². The molecule has 0 aliphatic carbocycles. The maximum Gasteiger partial charge on any atom is 0.239 e. The van der Waals surface area contributed by atoms with Crippen LogP contribution < -0.4 is 4.72 Å². The molecule has 0 aliphatic heterocycles. The van der Waals surface area contributed by atoms with Crippen molar-refractivity contribution in [1.29, 1.82) is 0 Å². The fourth-order valence-corrected chi connectivity index (χ4v) is 2.57. The van der Waals surface area contributed by atoms with Gasteiger partial charge in [0.1, 0.15) is 0 Å². The Bertz CT molecular complexity index is 627. The number of aliphatic hydroxyl groups is 1. The third kappa shape index (κ3) is 4.01. The first-order chi connectivity index (χ1) is 9.09. The molecule has 0 atom stereocenters. The van der Waals surface area contributed by atoms with Crippen LogP contribution in [0.1, 0.15) is 11.1 Å². The Morgan fingerprint density at radius 1 is 1.05 bits per heavy atom. The Kier molecular flexibility index (Phi) is 4.08. The highest BCUT2D eigenvalue weighted by Crippen LogP contribution is 2.10. The van der Waals surface area contributed by atoms with Gasteiger partial charge in [-0.25, -0.2) is 18.4 Å². The summed E-state index contributed by atoms with van der Waals surface area (Å²) in [6.45, 7) is -0.0663. The average molecular weight is 279 g/mol. The SMILES string of the molecule is O=S(=O)(Cc1ccc(CO)cc1)Nc1ncccn1. The summed E-state index contributed by atoms with van der Waals surface area (Å²) in [4.78, 5) is 7.60. The van der Waals surface area contributed by atoms with Crippen molar-refractivity contribution >= 4 is 16.0 Å². The molecule has 0 saturated heterocycles. The van der Waals surface area contributed by atoms with Crippen molar-refractivity contribution in [3.8, 4) is 0 Å². The minimum absolute atomic E-state index is 0.0504. The van der Waals surface area contributed by atoms with Gasteiger partial charge in [-0.2, -0.15) is 0 Å². The summed E-state index contributed by atoms with van der Waals surface area (Å²) in [5.41, 5.74) is 1.36. The summed E-state index contributed by atoms with van der Waals surface area (Å²) in [5, 5.41) is 8.91. The van der Waals surface area contributed by atoms with Crippen LogP contribution in [0.25, 0.3) is 0 Å². The molecule has 0 amide bonds. The highest BCUT2D eigenvalue weighted by Gasteiger charge is 2.12. The molecule has 0 aliphatic rings. The molecule has 0 unspecified atom stereocenters. The second-order valence-electron chi connectivity index (χ2n) is 3.91. The minimum Gasteiger partial charge on any atom is -0.392 e. The number of nitrogens with zero attached hydrogens (tertiary/aromatic N) is 2. The highest BCUT2D eigenvalue weighted by molar-refractivity contribution is 7.91. The maximum absolute atomic E-state index is 11.9. The summed E-state index contributed by atoms with van der Waals surface area (Å²) in [6, 6.07) is 8.30. The fraction of sp³-hybridized carbons (Fsp3) is 0.167. The largest absolute Gasteiger partial charge is 0.392 e. The highest BCUT2D eigenvalue weighted by atomic mass is 32.2. The van der Waals surface area contributed by atoms with Crippen molar-refractivity contribution in [2.45, 2.75) is 12.4 Å². The predicted octanol–water partition coefficient (Wildman–Crippen LogP) is 0.911. The number of hydrogen-bond acceptors (Lipinski definition) is 5. The Morgan fingerprint density at radius 3 is 2.21 bits per heavy atom. The first-order valence-electron chi connectivity index (χ1n) is 5.55. The number of hydrogen-bond donors (Lipinski definition) is 2. The van der Waals surface area contributed by atoms with E-state index in [1.165, 1.54) is 12.4 Å². The predicted molar refractivity (Wildman–Crippen MR) is 70.6 cm³/mol. The molecule has 2 aromatic rings. The Balaban J connectivity index is 2.08. The van der Waals surface area contributed by atoms with Crippen molar-refractivity contribution in [3.05, 3.63) is 53.9 Å². The van der Waals surface area contributed by atoms with E-state index in [9.17, 15) is 8.42 Å². The van der Waals surface area contributed by atoms with Gasteiger partial charge in [0.15, 0.2) is 0 Å². The van der Waals surface area contributed by atoms with Gasteiger partial charge in [0.25, 0.3) is 0 Å². The van der Waals surface area contributed by atoms with Crippen LogP contribution in [0.15, 0.2) is 42.7 Å². The molecule has 6 nitrogen and oxygen atoms in total. The molecule has 7 heteroatoms. The smallest absolute Gasteiger partial charge is 0.239 e. The molecular formula is C12H13N3O3S. The van der Waals surface area contributed by atoms with Crippen LogP contribution in [0.2, 0.25) is 0 Å². The van der Waals surface area contributed by atoms with Crippen LogP contribution >= 0.6 is 0 Å². The molecule has 2 rings (SSSR count). The van der Waals surface area contributed by atoms with Crippen molar-refractivity contribution in [2.75, 3.05) is 4.72 Å². The van der Waals surface area contributed by atoms with Gasteiger partial charge in [-0.15, -0.1) is 0 Å². The van der Waals surface area contributed by atoms with Crippen molar-refractivity contribution in [2.24, 2.45) is 0 Å². The van der Waals surface area contributed by atoms with Gasteiger partial charge in [0.05, 0.1) is 12.4 Å². The van der Waals surface area contributed by atoms with Crippen molar-refractivity contribution in [1.82, 2.24) is 9.97 Å². The fourth-order valence-electron chi connectivity index (χ4n) is 1.49. The zero-order valence-electron chi connectivity index (χ0n) is 10.0. The van der Waals surface area contributed by atoms with Gasteiger partial charge < -0.3 is 5.11 Å². The lowest BCUT2D eigenvalue weighted by Crippen LogP contribution is -2.16. The third-order valence-corrected chi connectivity index (χ3v) is 3.58. The van der Waals surface area contributed by atoms with E-state index in [4.69, 9.17) is 5.11 Å². The second kappa shape index (κ2) is 5.77. The molecule has 0 fully saturated rings. The number of aliphatic hydroxyl groups excluding tert-OH is 1. The van der Waals surface area contributed by atoms with Crippen LogP contribution in [0.4, 0.5) is 5.95 Å². The van der Waals surface area contributed by atoms with E-state index in [1.807, 2.05) is 0 Å². The zero-order chi connectivity index (χ0) is 13.7. The molecular weight excluding hydrogens is 266 g/mol. The van der Waals surface area contributed by atoms with Gasteiger partial charge in [-0.3, -0.25) is 4.72 Å². The van der Waals surface area contributed by atoms with Crippen LogP contribution in [-0.4, -0.2) is 23.5 Å². The van der Waals surface area contributed by atoms with E-state index in [-0.39, 0.29) is 18.3 Å². The van der Waals surface area contributed by atoms with Crippen molar-refractivity contribution < 1.29 is 13.5 Å². The molecule has 100 valence electrons. The van der Waals surface area contributed by atoms with E-state index < -0.39 is 10.0 Å². The number of rotatable bonds is 5. The molecule has 0 spiro atoms. The van der Waals surface area contributed by atoms with E-state index in [1.54, 1.807) is 30.3 Å². The molecule has 2 N–H and O–H groups in total. The number of sulfonamides is 1. The molecule has 19 heavy (non-hydrogen) atoms. The number of nitrogens with one attached hydrogen (secondary N) is 1. The topological polar surface area (TPSA) is 92.2 Å². The Morgan fingerprint density at radius 2 is 1.63 bits per heavy atom. The molecule has 1 aromatic carbocycles. The number of benzene rings is 1. The summed E-state index contributed by atoms with van der Waals surface area (Å²) in [7, 11) is -3.54. The average Bonchev–Trinajstić information content (AvgIpc) is 2.39. The lowest BCUT2D eigenvalue weighted by Gasteiger charge is -2.06. The van der Waals surface area contributed by atoms with Crippen LogP contribution in [0, 0.1) is 0 Å². The Labute approximate surface area is 111 Å². The van der Waals surface area contributed by atoms with Gasteiger partial charge >= 0.3 is 0 Å². The molecule has 0 bridgehead atoms. The third-order valence-electron chi connectivity index (χ3n) is 2.37. The van der Waals surface area contributed by atoms with Gasteiger partial charge in [-0.05, 0) is 17.2 Å². The summed E-state index contributed by atoms with van der Waals surface area (Å²) in [5.74, 6) is -0.119. The first kappa shape index (κ1) is 13.4. The monoisotopic (exact) mass is 279 g/mol. The molecule has 1 aromatic heterocycles. The standard InChI is InChI=1S/C12H13N3O3S/c16-8-10-2-4-11(5-3-10)9-19(17,18)15-12-13-6-1-7-14-12/h1-7,16H,8-9H2,(H,13,14,15). The summed E-state index contributed by atoms with van der Waals surface area (Å²) in [6.07, 6.45) is 2.92. The maximum atomic E-state index is 11.9. The van der Waals surface area contributed by atoms with Crippen molar-refractivity contribution in [3.63, 3.8) is 0 Å². The van der Waals surface area contributed by atoms with Gasteiger partial charge in [0, 0.05) is 12.4 Å². The number of aromatic nitrogens is 2. The zero-order valence-corrected chi connectivity index (χ0v) is 10.8. The van der Waals surface area contributed by atoms with E-state index in [0.717, 1.165) is 5.56 Å². The quantitative estimate of drug-likeness (QED) is 0.848. The van der Waals surface area contributed by atoms with Crippen LogP contribution in [0.3, 0.4) is 0 Å². The molecule has 1 heterocycles. The Hall–Kier alpha value is -1.99. The van der Waals surface area contributed by atoms with Gasteiger partial charge in [-0.1, -0.05) is 24.3 Å². The second-order valence-corrected chi connectivity index (χ2v) is 5.63.